The summed E-state index contributed by atoms with van der Waals surface area (Å²) < 4.78 is 5.86. The van der Waals surface area contributed by atoms with E-state index in [-0.39, 0.29) is 18.1 Å². The lowest BCUT2D eigenvalue weighted by Crippen LogP contribution is -2.38. The molecule has 0 aromatic heterocycles. The number of rotatable bonds is 5. The average molecular weight is 345 g/mol. The second-order valence-electron chi connectivity index (χ2n) is 6.46. The predicted molar refractivity (Wildman–Crippen MR) is 90.6 cm³/mol. The van der Waals surface area contributed by atoms with Gasteiger partial charge in [0.25, 0.3) is 0 Å². The summed E-state index contributed by atoms with van der Waals surface area (Å²) in [6, 6.07) is 0. The molecular formula is C15H23NO4S2. The molecule has 5 nitrogen and oxygen atoms in total. The van der Waals surface area contributed by atoms with E-state index in [0.717, 1.165) is 5.75 Å². The molecule has 0 aliphatic carbocycles. The summed E-state index contributed by atoms with van der Waals surface area (Å²) in [4.78, 5) is 37.8. The Morgan fingerprint density at radius 2 is 1.95 bits per heavy atom. The van der Waals surface area contributed by atoms with Crippen molar-refractivity contribution >= 4 is 46.0 Å². The molecular weight excluding hydrogens is 322 g/mol. The van der Waals surface area contributed by atoms with Gasteiger partial charge in [0.1, 0.15) is 21.6 Å². The Balaban J connectivity index is 2.75. The van der Waals surface area contributed by atoms with Crippen LogP contribution in [0.1, 0.15) is 41.0 Å². The number of hydrogen-bond acceptors (Lipinski definition) is 6. The molecule has 0 spiro atoms. The van der Waals surface area contributed by atoms with E-state index in [0.29, 0.717) is 10.9 Å². The van der Waals surface area contributed by atoms with Crippen LogP contribution >= 0.6 is 24.0 Å². The minimum atomic E-state index is -0.924. The first-order valence-electron chi connectivity index (χ1n) is 7.23. The summed E-state index contributed by atoms with van der Waals surface area (Å²) in [7, 11) is 0. The molecule has 7 heteroatoms. The summed E-state index contributed by atoms with van der Waals surface area (Å²) >= 11 is 6.59. The van der Waals surface area contributed by atoms with Crippen LogP contribution in [0, 0.1) is 11.8 Å². The predicted octanol–water partition coefficient (Wildman–Crippen LogP) is 2.42. The van der Waals surface area contributed by atoms with Crippen molar-refractivity contribution in [3.63, 3.8) is 0 Å². The number of hydrogen-bond donors (Lipinski definition) is 0. The monoisotopic (exact) mass is 345 g/mol. The smallest absolute Gasteiger partial charge is 0.317 e. The number of carbonyl (C=O) groups is 3. The van der Waals surface area contributed by atoms with Gasteiger partial charge in [-0.2, -0.15) is 0 Å². The molecule has 0 radical (unpaired) electrons. The number of thiocarbonyl (C=S) groups is 1. The molecule has 0 aromatic carbocycles. The summed E-state index contributed by atoms with van der Waals surface area (Å²) in [6.07, 6.45) is 0.101. The van der Waals surface area contributed by atoms with E-state index < -0.39 is 23.4 Å². The number of ketones is 1. The highest BCUT2D eigenvalue weighted by atomic mass is 32.2. The van der Waals surface area contributed by atoms with Crippen molar-refractivity contribution in [2.24, 2.45) is 11.8 Å². The first-order chi connectivity index (χ1) is 10.0. The summed E-state index contributed by atoms with van der Waals surface area (Å²) in [6.45, 7) is 8.91. The van der Waals surface area contributed by atoms with Gasteiger partial charge < -0.3 is 4.74 Å². The van der Waals surface area contributed by atoms with Gasteiger partial charge in [-0.25, -0.2) is 0 Å². The maximum atomic E-state index is 12.3. The SMILES string of the molecule is CC(=O)C(C(=O)OC(C)(C)C)[C@H](C)CC(=O)N1CCSC1=S. The molecule has 1 unspecified atom stereocenters. The number of esters is 1. The Labute approximate surface area is 141 Å². The summed E-state index contributed by atoms with van der Waals surface area (Å²) in [5.74, 6) is -1.55. The van der Waals surface area contributed by atoms with Crippen molar-refractivity contribution in [1.29, 1.82) is 0 Å². The minimum absolute atomic E-state index is 0.101. The number of thioether (sulfide) groups is 1. The number of nitrogens with zero attached hydrogens (tertiary/aromatic N) is 1. The Hall–Kier alpha value is -0.950. The van der Waals surface area contributed by atoms with Crippen LogP contribution in [-0.2, 0) is 19.1 Å². The fourth-order valence-corrected chi connectivity index (χ4v) is 3.53. The van der Waals surface area contributed by atoms with Gasteiger partial charge in [0.15, 0.2) is 0 Å². The molecule has 0 N–H and O–H groups in total. The first kappa shape index (κ1) is 19.1. The average Bonchev–Trinajstić information content (AvgIpc) is 2.72. The highest BCUT2D eigenvalue weighted by Crippen LogP contribution is 2.25. The molecule has 1 heterocycles. The fraction of sp³-hybridized carbons (Fsp3) is 0.733. The van der Waals surface area contributed by atoms with Crippen molar-refractivity contribution in [2.75, 3.05) is 12.3 Å². The Morgan fingerprint density at radius 3 is 2.36 bits per heavy atom. The quantitative estimate of drug-likeness (QED) is 0.433. The van der Waals surface area contributed by atoms with Gasteiger partial charge >= 0.3 is 5.97 Å². The van der Waals surface area contributed by atoms with Crippen LogP contribution in [0.4, 0.5) is 0 Å². The molecule has 1 rings (SSSR count). The van der Waals surface area contributed by atoms with Crippen LogP contribution in [-0.4, -0.2) is 44.8 Å². The van der Waals surface area contributed by atoms with Gasteiger partial charge in [-0.3, -0.25) is 19.3 Å². The van der Waals surface area contributed by atoms with Gasteiger partial charge in [-0.15, -0.1) is 0 Å². The van der Waals surface area contributed by atoms with Crippen LogP contribution in [0.5, 0.6) is 0 Å². The third kappa shape index (κ3) is 5.35. The van der Waals surface area contributed by atoms with E-state index in [1.54, 1.807) is 32.6 Å². The molecule has 0 bridgehead atoms. The molecule has 0 aromatic rings. The van der Waals surface area contributed by atoms with Crippen molar-refractivity contribution < 1.29 is 19.1 Å². The van der Waals surface area contributed by atoms with Crippen LogP contribution in [0.2, 0.25) is 0 Å². The standard InChI is InChI=1S/C15H23NO4S2/c1-9(8-11(18)16-6-7-22-14(16)21)12(10(2)17)13(19)20-15(3,4)5/h9,12H,6-8H2,1-5H3/t9-,12?/m1/s1. The van der Waals surface area contributed by atoms with Crippen molar-refractivity contribution in [2.45, 2.75) is 46.6 Å². The Bertz CT molecular complexity index is 484. The number of carbonyl (C=O) groups excluding carboxylic acids is 3. The van der Waals surface area contributed by atoms with Gasteiger partial charge in [0.2, 0.25) is 5.91 Å². The molecule has 124 valence electrons. The normalized spacial score (nSPS) is 18.0. The van der Waals surface area contributed by atoms with Crippen molar-refractivity contribution in [1.82, 2.24) is 4.90 Å². The molecule has 2 atom stereocenters. The number of Topliss-reactive ketones (excluding diaryl/α,β-unsaturated/α-hetero) is 1. The van der Waals surface area contributed by atoms with Crippen LogP contribution in [0.25, 0.3) is 0 Å². The maximum absolute atomic E-state index is 12.3. The van der Waals surface area contributed by atoms with Gasteiger partial charge in [0, 0.05) is 18.7 Å². The van der Waals surface area contributed by atoms with E-state index in [9.17, 15) is 14.4 Å². The second-order valence-corrected chi connectivity index (χ2v) is 8.19. The number of amides is 1. The summed E-state index contributed by atoms with van der Waals surface area (Å²) in [5.41, 5.74) is -0.665. The highest BCUT2D eigenvalue weighted by molar-refractivity contribution is 8.23. The molecule has 1 aliphatic heterocycles. The molecule has 0 saturated carbocycles. The Kier molecular flexibility index (Phi) is 6.55. The zero-order valence-electron chi connectivity index (χ0n) is 13.7. The van der Waals surface area contributed by atoms with Crippen molar-refractivity contribution in [3.05, 3.63) is 0 Å². The fourth-order valence-electron chi connectivity index (χ4n) is 2.29. The van der Waals surface area contributed by atoms with Crippen molar-refractivity contribution in [3.8, 4) is 0 Å². The topological polar surface area (TPSA) is 63.7 Å². The van der Waals surface area contributed by atoms with Gasteiger partial charge in [-0.05, 0) is 33.6 Å². The lowest BCUT2D eigenvalue weighted by Gasteiger charge is -2.26. The van der Waals surface area contributed by atoms with E-state index in [1.165, 1.54) is 18.7 Å². The largest absolute Gasteiger partial charge is 0.459 e. The summed E-state index contributed by atoms with van der Waals surface area (Å²) in [5, 5.41) is 0. The Morgan fingerprint density at radius 1 is 1.36 bits per heavy atom. The zero-order valence-corrected chi connectivity index (χ0v) is 15.3. The molecule has 1 amide bonds. The van der Waals surface area contributed by atoms with Crippen LogP contribution in [0.15, 0.2) is 0 Å². The van der Waals surface area contributed by atoms with Crippen LogP contribution in [0.3, 0.4) is 0 Å². The zero-order chi connectivity index (χ0) is 17.1. The molecule has 22 heavy (non-hydrogen) atoms. The minimum Gasteiger partial charge on any atom is -0.459 e. The first-order valence-corrected chi connectivity index (χ1v) is 8.62. The van der Waals surface area contributed by atoms with E-state index in [4.69, 9.17) is 17.0 Å². The van der Waals surface area contributed by atoms with Gasteiger partial charge in [0.05, 0.1) is 0 Å². The molecule has 1 saturated heterocycles. The molecule has 1 fully saturated rings. The molecule has 1 aliphatic rings. The maximum Gasteiger partial charge on any atom is 0.317 e. The third-order valence-corrected chi connectivity index (χ3v) is 4.65. The lowest BCUT2D eigenvalue weighted by atomic mass is 9.87. The number of ether oxygens (including phenoxy) is 1. The third-order valence-electron chi connectivity index (χ3n) is 3.23. The van der Waals surface area contributed by atoms with Crippen LogP contribution < -0.4 is 0 Å². The lowest BCUT2D eigenvalue weighted by molar-refractivity contribution is -0.163. The van der Waals surface area contributed by atoms with E-state index >= 15 is 0 Å². The second kappa shape index (κ2) is 7.55. The van der Waals surface area contributed by atoms with Gasteiger partial charge in [-0.1, -0.05) is 30.9 Å². The van der Waals surface area contributed by atoms with E-state index in [2.05, 4.69) is 0 Å². The van der Waals surface area contributed by atoms with E-state index in [1.807, 2.05) is 0 Å². The highest BCUT2D eigenvalue weighted by Gasteiger charge is 2.36.